The molecule has 4 N–H and O–H groups in total. The van der Waals surface area contributed by atoms with E-state index in [-0.39, 0.29) is 43.5 Å². The first-order valence-electron chi connectivity index (χ1n) is 24.4. The number of hydrogen-bond acceptors (Lipinski definition) is 13. The number of likely N-dealkylation sites (tertiary alicyclic amines) is 1. The number of rotatable bonds is 15. The molecule has 4 amide bonds. The number of pyridine rings is 1. The van der Waals surface area contributed by atoms with Gasteiger partial charge in [0.1, 0.15) is 46.6 Å². The van der Waals surface area contributed by atoms with Gasteiger partial charge in [0, 0.05) is 77.0 Å². The molecule has 0 bridgehead atoms. The molecule has 18 nitrogen and oxygen atoms in total. The molecule has 9 rings (SSSR count). The number of amides is 4. The second kappa shape index (κ2) is 20.9. The normalized spacial score (nSPS) is 20.1. The molecule has 1 saturated heterocycles. The quantitative estimate of drug-likeness (QED) is 0.0864. The van der Waals surface area contributed by atoms with Crippen molar-refractivity contribution >= 4 is 52.3 Å². The summed E-state index contributed by atoms with van der Waals surface area (Å²) >= 11 is 7.92. The Labute approximate surface area is 432 Å². The van der Waals surface area contributed by atoms with Crippen molar-refractivity contribution in [3.8, 4) is 22.3 Å². The van der Waals surface area contributed by atoms with Gasteiger partial charge in [-0.25, -0.2) is 9.97 Å². The van der Waals surface area contributed by atoms with Crippen molar-refractivity contribution in [2.75, 3.05) is 13.2 Å². The van der Waals surface area contributed by atoms with Crippen molar-refractivity contribution in [3.05, 3.63) is 129 Å². The third-order valence-corrected chi connectivity index (χ3v) is 15.1. The predicted octanol–water partition coefficient (Wildman–Crippen LogP) is 6.55. The number of β-amino-alcohol motifs (C(OH)–C–C–N with tert-alkyl or cyclic N) is 1. The van der Waals surface area contributed by atoms with Crippen LogP contribution in [-0.2, 0) is 19.2 Å². The highest BCUT2D eigenvalue weighted by Crippen LogP contribution is 2.40. The molecule has 5 atom stereocenters. The Kier molecular flexibility index (Phi) is 14.6. The Morgan fingerprint density at radius 3 is 2.32 bits per heavy atom. The number of aliphatic hydroxyl groups excluding tert-OH is 1. The van der Waals surface area contributed by atoms with Crippen LogP contribution in [0, 0.1) is 33.1 Å². The van der Waals surface area contributed by atoms with Crippen LogP contribution in [0.25, 0.3) is 10.7 Å². The number of benzene rings is 2. The van der Waals surface area contributed by atoms with Crippen LogP contribution in [0.3, 0.4) is 0 Å². The van der Waals surface area contributed by atoms with E-state index < -0.39 is 54.0 Å². The number of carbonyl (C=O) groups is 4. The van der Waals surface area contributed by atoms with Crippen molar-refractivity contribution in [2.24, 2.45) is 10.4 Å². The number of aliphatic imine (C=N–C) groups is 1. The number of aromatic nitrogens is 6. The summed E-state index contributed by atoms with van der Waals surface area (Å²) in [6, 6.07) is 15.6. The lowest BCUT2D eigenvalue weighted by atomic mass is 9.85. The van der Waals surface area contributed by atoms with Crippen LogP contribution in [0.15, 0.2) is 84.2 Å². The molecule has 0 spiro atoms. The molecule has 20 heteroatoms. The number of carbonyl (C=O) groups excluding carboxylic acids is 4. The Balaban J connectivity index is 0.750. The number of nitrogens with zero attached hydrogens (tertiary/aromatic N) is 8. The molecule has 2 aromatic carbocycles. The van der Waals surface area contributed by atoms with E-state index in [2.05, 4.69) is 50.0 Å². The summed E-state index contributed by atoms with van der Waals surface area (Å²) in [6.45, 7) is 14.9. The third-order valence-electron chi connectivity index (χ3n) is 13.7. The highest BCUT2D eigenvalue weighted by atomic mass is 35.5. The summed E-state index contributed by atoms with van der Waals surface area (Å²) in [6.07, 6.45) is 5.27. The van der Waals surface area contributed by atoms with Gasteiger partial charge in [0.05, 0.1) is 30.5 Å². The van der Waals surface area contributed by atoms with E-state index in [4.69, 9.17) is 26.1 Å². The lowest BCUT2D eigenvalue weighted by Crippen LogP contribution is -2.58. The number of nitrogens with one attached hydrogen (secondary N) is 3. The van der Waals surface area contributed by atoms with Gasteiger partial charge in [0.2, 0.25) is 23.6 Å². The topological polar surface area (TPSA) is 220 Å². The zero-order chi connectivity index (χ0) is 51.9. The van der Waals surface area contributed by atoms with E-state index in [0.717, 1.165) is 55.2 Å². The molecule has 4 aromatic heterocycles. The molecule has 6 heterocycles. The maximum absolute atomic E-state index is 14.2. The van der Waals surface area contributed by atoms with Crippen molar-refractivity contribution in [2.45, 2.75) is 123 Å². The van der Waals surface area contributed by atoms with Gasteiger partial charge >= 0.3 is 0 Å². The third kappa shape index (κ3) is 11.0. The molecule has 0 unspecified atom stereocenters. The minimum absolute atomic E-state index is 0.0510. The number of hydrogen-bond donors (Lipinski definition) is 4. The number of aliphatic hydroxyl groups is 1. The average molecular weight is 1030 g/mol. The van der Waals surface area contributed by atoms with Crippen molar-refractivity contribution < 1.29 is 33.8 Å². The lowest BCUT2D eigenvalue weighted by molar-refractivity contribution is -0.144. The molecule has 1 aliphatic carbocycles. The smallest absolute Gasteiger partial charge is 0.258 e. The van der Waals surface area contributed by atoms with Crippen LogP contribution >= 0.6 is 22.9 Å². The van der Waals surface area contributed by atoms with E-state index in [1.165, 1.54) is 11.1 Å². The van der Waals surface area contributed by atoms with E-state index in [0.29, 0.717) is 35.3 Å². The number of imidazole rings is 1. The van der Waals surface area contributed by atoms with Gasteiger partial charge in [-0.05, 0) is 81.5 Å². The lowest BCUT2D eigenvalue weighted by Gasteiger charge is -2.35. The highest BCUT2D eigenvalue weighted by Gasteiger charge is 2.45. The molecule has 73 heavy (non-hydrogen) atoms. The van der Waals surface area contributed by atoms with Gasteiger partial charge in [-0.3, -0.25) is 28.7 Å². The van der Waals surface area contributed by atoms with Gasteiger partial charge in [-0.15, -0.1) is 21.5 Å². The van der Waals surface area contributed by atoms with Gasteiger partial charge < -0.3 is 40.0 Å². The first kappa shape index (κ1) is 51.0. The number of aryl methyl sites for hydroxylation is 3. The van der Waals surface area contributed by atoms with E-state index >= 15 is 0 Å². The first-order chi connectivity index (χ1) is 34.8. The summed E-state index contributed by atoms with van der Waals surface area (Å²) in [5.74, 6) is 1.27. The Morgan fingerprint density at radius 2 is 1.64 bits per heavy atom. The Hall–Kier alpha value is -6.96. The molecule has 1 saturated carbocycles. The van der Waals surface area contributed by atoms with Gasteiger partial charge in [-0.1, -0.05) is 56.6 Å². The largest absolute Gasteiger partial charge is 0.482 e. The molecule has 0 radical (unpaired) electrons. The fourth-order valence-corrected chi connectivity index (χ4v) is 10.8. The molecule has 2 fully saturated rings. The Bertz CT molecular complexity index is 3050. The summed E-state index contributed by atoms with van der Waals surface area (Å²) in [5, 5.41) is 30.2. The fraction of sp³-hybridized carbons (Fsp3) is 0.415. The maximum Gasteiger partial charge on any atom is 0.258 e. The predicted molar refractivity (Wildman–Crippen MR) is 276 cm³/mol. The number of fused-ring (bicyclic) bond motifs is 3. The molecule has 2 aliphatic heterocycles. The van der Waals surface area contributed by atoms with Crippen LogP contribution in [0.2, 0.25) is 5.02 Å². The minimum atomic E-state index is -1.03. The van der Waals surface area contributed by atoms with Crippen molar-refractivity contribution in [1.29, 1.82) is 0 Å². The monoisotopic (exact) mass is 1030 g/mol. The fourth-order valence-electron chi connectivity index (χ4n) is 9.51. The van der Waals surface area contributed by atoms with Crippen LogP contribution in [0.5, 0.6) is 11.6 Å². The standard InChI is InChI=1S/C53H60ClN11O7S/c1-28-30(3)73-52-46(28)47(34-9-13-35(54)14-10-34)59-41(49-62-61-32(5)65(49)52)24-43(67)58-36-21-40(22-36)72-45-18-17-39(25-56-45)71-27-44(68)60-48(53(6,7)8)51(70)64-26-38(66)23-42(64)50(69)57-29(2)33-11-15-37(16-12-33)63-20-19-55-31(63)4/h9-20,25,29,36,38,40-42,48,66H,21-24,26-27H2,1-8H3,(H,57,69)(H,58,67)(H,60,68)/t29-,36-,38+,40+,41-,42-,48+/m0/s1. The van der Waals surface area contributed by atoms with Gasteiger partial charge in [0.15, 0.2) is 12.4 Å². The van der Waals surface area contributed by atoms with E-state index in [1.807, 2.05) is 105 Å². The first-order valence-corrected chi connectivity index (χ1v) is 25.6. The van der Waals surface area contributed by atoms with Crippen molar-refractivity contribution in [3.63, 3.8) is 0 Å². The molecular formula is C53H60ClN11O7S. The minimum Gasteiger partial charge on any atom is -0.482 e. The molecule has 3 aliphatic rings. The van der Waals surface area contributed by atoms with Crippen LogP contribution in [-0.4, -0.2) is 112 Å². The second-order valence-electron chi connectivity index (χ2n) is 20.1. The Morgan fingerprint density at radius 1 is 0.904 bits per heavy atom. The van der Waals surface area contributed by atoms with Gasteiger partial charge in [-0.2, -0.15) is 0 Å². The molecular weight excluding hydrogens is 970 g/mol. The average Bonchev–Trinajstić information content (AvgIpc) is 4.11. The second-order valence-corrected chi connectivity index (χ2v) is 21.8. The molecule has 6 aromatic rings. The number of ether oxygens (including phenoxy) is 2. The summed E-state index contributed by atoms with van der Waals surface area (Å²) in [4.78, 5) is 71.3. The zero-order valence-electron chi connectivity index (χ0n) is 42.1. The summed E-state index contributed by atoms with van der Waals surface area (Å²) in [5.41, 5.74) is 4.84. The zero-order valence-corrected chi connectivity index (χ0v) is 43.6. The highest BCUT2D eigenvalue weighted by molar-refractivity contribution is 7.15. The van der Waals surface area contributed by atoms with Crippen molar-refractivity contribution in [1.82, 2.24) is 50.1 Å². The number of thiophene rings is 1. The summed E-state index contributed by atoms with van der Waals surface area (Å²) < 4.78 is 15.8. The number of halogens is 1. The van der Waals surface area contributed by atoms with Crippen LogP contribution in [0.1, 0.15) is 110 Å². The van der Waals surface area contributed by atoms with Crippen LogP contribution < -0.4 is 25.4 Å². The SMILES string of the molecule is Cc1sc2c(c1C)C(c1ccc(Cl)cc1)=N[C@@H](CC(=O)N[C@H]1C[C@@H](Oc3ccc(OCC(=O)N[C@H](C(=O)N4C[C@H](O)C[C@H]4C(=O)N[C@@H](C)c4ccc(-n5ccnc5C)cc4)C(C)(C)C)cn3)C1)c1nnc(C)n1-2. The molecule has 382 valence electrons. The maximum atomic E-state index is 14.2. The van der Waals surface area contributed by atoms with E-state index in [9.17, 15) is 24.3 Å². The van der Waals surface area contributed by atoms with E-state index in [1.54, 1.807) is 29.7 Å². The summed E-state index contributed by atoms with van der Waals surface area (Å²) in [7, 11) is 0. The van der Waals surface area contributed by atoms with Crippen LogP contribution in [0.4, 0.5) is 0 Å². The van der Waals surface area contributed by atoms with Gasteiger partial charge in [0.25, 0.3) is 5.91 Å².